The number of aryl methyl sites for hydroxylation is 1. The average molecular weight is 510 g/mol. The highest BCUT2D eigenvalue weighted by atomic mass is 32.1. The Labute approximate surface area is 210 Å². The largest absolute Gasteiger partial charge is 0.462 e. The molecule has 2 amide bonds. The number of anilines is 1. The van der Waals surface area contributed by atoms with Gasteiger partial charge in [-0.1, -0.05) is 12.1 Å². The molecule has 0 atom stereocenters. The first-order chi connectivity index (χ1) is 17.4. The van der Waals surface area contributed by atoms with Gasteiger partial charge in [-0.2, -0.15) is 5.10 Å². The lowest BCUT2D eigenvalue weighted by Gasteiger charge is -2.09. The summed E-state index contributed by atoms with van der Waals surface area (Å²) in [7, 11) is 0. The zero-order valence-electron chi connectivity index (χ0n) is 19.6. The number of nitrogens with one attached hydrogen (secondary N) is 2. The molecule has 0 saturated carbocycles. The molecule has 10 nitrogen and oxygen atoms in total. The number of fused-ring (bicyclic) bond motifs is 1. The van der Waals surface area contributed by atoms with E-state index in [2.05, 4.69) is 15.8 Å². The highest BCUT2D eigenvalue weighted by Crippen LogP contribution is 2.39. The lowest BCUT2D eigenvalue weighted by molar-refractivity contribution is -0.136. The number of carbonyl (C=O) groups is 4. The van der Waals surface area contributed by atoms with Gasteiger partial charge in [0, 0.05) is 10.4 Å². The molecule has 0 aliphatic heterocycles. The predicted molar refractivity (Wildman–Crippen MR) is 131 cm³/mol. The van der Waals surface area contributed by atoms with Crippen molar-refractivity contribution >= 4 is 45.8 Å². The van der Waals surface area contributed by atoms with Crippen LogP contribution < -0.4 is 15.5 Å². The van der Waals surface area contributed by atoms with Gasteiger partial charge in [-0.15, -0.1) is 11.3 Å². The van der Waals surface area contributed by atoms with Crippen molar-refractivity contribution in [3.63, 3.8) is 0 Å². The Hall–Kier alpha value is -4.25. The molecule has 4 rings (SSSR count). The van der Waals surface area contributed by atoms with Gasteiger partial charge in [0.2, 0.25) is 5.76 Å². The molecular formula is C25H23N3O7S. The number of rotatable bonds is 7. The summed E-state index contributed by atoms with van der Waals surface area (Å²) in [5, 5.41) is 6.78. The van der Waals surface area contributed by atoms with Crippen LogP contribution >= 0.6 is 11.3 Å². The van der Waals surface area contributed by atoms with Crippen LogP contribution in [-0.4, -0.2) is 36.1 Å². The number of thiophene rings is 1. The molecule has 186 valence electrons. The van der Waals surface area contributed by atoms with Crippen LogP contribution in [0.4, 0.5) is 5.00 Å². The third-order valence-corrected chi connectivity index (χ3v) is 6.57. The Kier molecular flexibility index (Phi) is 7.59. The summed E-state index contributed by atoms with van der Waals surface area (Å²) in [6, 6.07) is 9.63. The van der Waals surface area contributed by atoms with Crippen molar-refractivity contribution in [1.82, 2.24) is 5.43 Å². The second kappa shape index (κ2) is 11.0. The van der Waals surface area contributed by atoms with Gasteiger partial charge in [0.1, 0.15) is 10.8 Å². The number of benzene rings is 1. The maximum absolute atomic E-state index is 12.5. The molecule has 2 aromatic heterocycles. The number of nitrogens with zero attached hydrogens (tertiary/aromatic N) is 1. The second-order valence-corrected chi connectivity index (χ2v) is 8.84. The smallest absolute Gasteiger partial charge is 0.379 e. The molecule has 0 fully saturated rings. The zero-order chi connectivity index (χ0) is 25.7. The van der Waals surface area contributed by atoms with Gasteiger partial charge in [0.15, 0.2) is 0 Å². The SMILES string of the molecule is CCOC(=O)c1c(NC(=O)C(=O)N/N=C(\C)c2ccccc2OC(=O)c2ccco2)sc2c1CCC2. The molecule has 0 unspecified atom stereocenters. The van der Waals surface area contributed by atoms with Crippen molar-refractivity contribution in [2.24, 2.45) is 5.10 Å². The molecule has 1 aromatic carbocycles. The van der Waals surface area contributed by atoms with Gasteiger partial charge in [0.25, 0.3) is 0 Å². The lowest BCUT2D eigenvalue weighted by atomic mass is 10.1. The van der Waals surface area contributed by atoms with Gasteiger partial charge in [0.05, 0.1) is 24.1 Å². The maximum atomic E-state index is 12.5. The number of para-hydroxylation sites is 1. The van der Waals surface area contributed by atoms with E-state index in [1.54, 1.807) is 44.2 Å². The number of hydrazone groups is 1. The average Bonchev–Trinajstić information content (AvgIpc) is 3.61. The number of carbonyl (C=O) groups excluding carboxylic acids is 4. The molecule has 36 heavy (non-hydrogen) atoms. The van der Waals surface area contributed by atoms with Gasteiger partial charge >= 0.3 is 23.8 Å². The van der Waals surface area contributed by atoms with Gasteiger partial charge in [-0.05, 0) is 62.9 Å². The number of amides is 2. The number of hydrogen-bond acceptors (Lipinski definition) is 9. The monoisotopic (exact) mass is 509 g/mol. The van der Waals surface area contributed by atoms with Crippen LogP contribution in [0, 0.1) is 0 Å². The molecule has 0 spiro atoms. The molecule has 0 radical (unpaired) electrons. The zero-order valence-corrected chi connectivity index (χ0v) is 20.4. The summed E-state index contributed by atoms with van der Waals surface area (Å²) >= 11 is 1.27. The van der Waals surface area contributed by atoms with Crippen molar-refractivity contribution in [1.29, 1.82) is 0 Å². The van der Waals surface area contributed by atoms with E-state index in [1.807, 2.05) is 0 Å². The van der Waals surface area contributed by atoms with Crippen LogP contribution in [0.15, 0.2) is 52.2 Å². The maximum Gasteiger partial charge on any atom is 0.379 e. The molecule has 11 heteroatoms. The van der Waals surface area contributed by atoms with E-state index in [1.165, 1.54) is 23.7 Å². The number of furan rings is 1. The summed E-state index contributed by atoms with van der Waals surface area (Å²) in [5.41, 5.74) is 4.09. The molecule has 0 saturated heterocycles. The fourth-order valence-corrected chi connectivity index (χ4v) is 4.99. The second-order valence-electron chi connectivity index (χ2n) is 7.74. The number of ether oxygens (including phenoxy) is 2. The summed E-state index contributed by atoms with van der Waals surface area (Å²) in [5.74, 6) is -2.99. The molecule has 2 N–H and O–H groups in total. The third kappa shape index (κ3) is 5.36. The minimum absolute atomic E-state index is 0.0334. The Morgan fingerprint density at radius 1 is 1.06 bits per heavy atom. The van der Waals surface area contributed by atoms with E-state index in [0.717, 1.165) is 29.7 Å². The minimum Gasteiger partial charge on any atom is -0.462 e. The Morgan fingerprint density at radius 2 is 1.86 bits per heavy atom. The van der Waals surface area contributed by atoms with Crippen molar-refractivity contribution < 1.29 is 33.1 Å². The first-order valence-electron chi connectivity index (χ1n) is 11.2. The highest BCUT2D eigenvalue weighted by molar-refractivity contribution is 7.17. The van der Waals surface area contributed by atoms with Gasteiger partial charge in [-0.3, -0.25) is 9.59 Å². The van der Waals surface area contributed by atoms with Gasteiger partial charge in [-0.25, -0.2) is 15.0 Å². The van der Waals surface area contributed by atoms with Crippen LogP contribution in [0.3, 0.4) is 0 Å². The topological polar surface area (TPSA) is 136 Å². The summed E-state index contributed by atoms with van der Waals surface area (Å²) in [6.07, 6.45) is 3.81. The molecule has 2 heterocycles. The van der Waals surface area contributed by atoms with E-state index in [4.69, 9.17) is 13.9 Å². The molecule has 0 bridgehead atoms. The third-order valence-electron chi connectivity index (χ3n) is 5.36. The quantitative estimate of drug-likeness (QED) is 0.163. The first kappa shape index (κ1) is 24.9. The standard InChI is InChI=1S/C25H23N3O7S/c1-3-33-25(32)20-16-9-6-12-19(16)36-23(20)26-21(29)22(30)28-27-14(2)15-8-4-5-10-17(15)35-24(31)18-11-7-13-34-18/h4-5,7-8,10-11,13H,3,6,9,12H2,1-2H3,(H,26,29)(H,28,30)/b27-14+. The van der Waals surface area contributed by atoms with Crippen molar-refractivity contribution in [3.8, 4) is 5.75 Å². The van der Waals surface area contributed by atoms with Crippen LogP contribution in [0.1, 0.15) is 57.2 Å². The number of hydrogen-bond donors (Lipinski definition) is 2. The molecule has 1 aliphatic rings. The van der Waals surface area contributed by atoms with Crippen molar-refractivity contribution in [3.05, 3.63) is 70.0 Å². The first-order valence-corrected chi connectivity index (χ1v) is 12.0. The van der Waals surface area contributed by atoms with Crippen molar-refractivity contribution in [2.75, 3.05) is 11.9 Å². The van der Waals surface area contributed by atoms with E-state index >= 15 is 0 Å². The Morgan fingerprint density at radius 3 is 2.61 bits per heavy atom. The van der Waals surface area contributed by atoms with E-state index in [0.29, 0.717) is 16.8 Å². The summed E-state index contributed by atoms with van der Waals surface area (Å²) in [6.45, 7) is 3.48. The molecule has 1 aliphatic carbocycles. The lowest BCUT2D eigenvalue weighted by Crippen LogP contribution is -2.33. The van der Waals surface area contributed by atoms with E-state index in [9.17, 15) is 19.2 Å². The normalized spacial score (nSPS) is 12.6. The van der Waals surface area contributed by atoms with Crippen LogP contribution in [-0.2, 0) is 27.2 Å². The van der Waals surface area contributed by atoms with E-state index in [-0.39, 0.29) is 23.1 Å². The summed E-state index contributed by atoms with van der Waals surface area (Å²) < 4.78 is 15.6. The predicted octanol–water partition coefficient (Wildman–Crippen LogP) is 3.70. The van der Waals surface area contributed by atoms with Crippen molar-refractivity contribution in [2.45, 2.75) is 33.1 Å². The fourth-order valence-electron chi connectivity index (χ4n) is 3.72. The minimum atomic E-state index is -1.03. The van der Waals surface area contributed by atoms with Gasteiger partial charge < -0.3 is 19.2 Å². The molecule has 3 aromatic rings. The fraction of sp³-hybridized carbons (Fsp3) is 0.240. The molecular weight excluding hydrogens is 486 g/mol. The van der Waals surface area contributed by atoms with E-state index < -0.39 is 23.8 Å². The van der Waals surface area contributed by atoms with Crippen LogP contribution in [0.2, 0.25) is 0 Å². The number of esters is 2. The Balaban J connectivity index is 1.45. The highest BCUT2D eigenvalue weighted by Gasteiger charge is 2.29. The summed E-state index contributed by atoms with van der Waals surface area (Å²) in [4.78, 5) is 50.7. The Bertz CT molecular complexity index is 1340. The van der Waals surface area contributed by atoms with Crippen LogP contribution in [0.5, 0.6) is 5.75 Å². The van der Waals surface area contributed by atoms with Crippen LogP contribution in [0.25, 0.3) is 0 Å².